The van der Waals surface area contributed by atoms with E-state index in [1.54, 1.807) is 0 Å². The van der Waals surface area contributed by atoms with Crippen LogP contribution in [0.2, 0.25) is 0 Å². The van der Waals surface area contributed by atoms with Crippen molar-refractivity contribution < 1.29 is 13.6 Å². The summed E-state index contributed by atoms with van der Waals surface area (Å²) in [5, 5.41) is 5.86. The second-order valence-electron chi connectivity index (χ2n) is 5.49. The molecule has 0 spiro atoms. The molecule has 0 radical (unpaired) electrons. The summed E-state index contributed by atoms with van der Waals surface area (Å²) < 4.78 is 25.9. The zero-order valence-corrected chi connectivity index (χ0v) is 12.2. The third-order valence-corrected chi connectivity index (χ3v) is 3.16. The van der Waals surface area contributed by atoms with Gasteiger partial charge in [0.1, 0.15) is 11.6 Å². The summed E-state index contributed by atoms with van der Waals surface area (Å²) in [5.41, 5.74) is 0.356. The maximum Gasteiger partial charge on any atom is 0.234 e. The molecule has 1 aromatic carbocycles. The van der Waals surface area contributed by atoms with Crippen LogP contribution < -0.4 is 10.6 Å². The number of amides is 1. The maximum absolute atomic E-state index is 13.0. The Kier molecular flexibility index (Phi) is 6.07. The average molecular weight is 284 g/mol. The van der Waals surface area contributed by atoms with Crippen molar-refractivity contribution in [2.45, 2.75) is 39.2 Å². The van der Waals surface area contributed by atoms with Gasteiger partial charge in [-0.05, 0) is 50.9 Å². The van der Waals surface area contributed by atoms with Crippen molar-refractivity contribution in [2.75, 3.05) is 13.1 Å². The van der Waals surface area contributed by atoms with Gasteiger partial charge in [-0.25, -0.2) is 8.78 Å². The first-order chi connectivity index (χ1) is 9.32. The Bertz CT molecular complexity index is 441. The van der Waals surface area contributed by atoms with Crippen molar-refractivity contribution >= 4 is 5.91 Å². The first-order valence-electron chi connectivity index (χ1n) is 6.79. The van der Waals surface area contributed by atoms with Gasteiger partial charge in [-0.15, -0.1) is 0 Å². The molecular weight excluding hydrogens is 262 g/mol. The molecule has 0 aliphatic carbocycles. The van der Waals surface area contributed by atoms with Crippen molar-refractivity contribution in [1.82, 2.24) is 10.6 Å². The third kappa shape index (κ3) is 6.10. The molecule has 0 bridgehead atoms. The summed E-state index contributed by atoms with van der Waals surface area (Å²) >= 11 is 0. The first kappa shape index (κ1) is 16.6. The summed E-state index contributed by atoms with van der Waals surface area (Å²) in [7, 11) is 0. The van der Waals surface area contributed by atoms with E-state index in [0.717, 1.165) is 12.5 Å². The Hall–Kier alpha value is -1.49. The summed E-state index contributed by atoms with van der Waals surface area (Å²) in [4.78, 5) is 11.6. The average Bonchev–Trinajstić information content (AvgIpc) is 2.33. The highest BCUT2D eigenvalue weighted by molar-refractivity contribution is 5.78. The van der Waals surface area contributed by atoms with Gasteiger partial charge in [-0.3, -0.25) is 4.79 Å². The van der Waals surface area contributed by atoms with Gasteiger partial charge < -0.3 is 10.6 Å². The number of rotatable bonds is 7. The van der Waals surface area contributed by atoms with E-state index in [0.29, 0.717) is 18.5 Å². The van der Waals surface area contributed by atoms with Crippen molar-refractivity contribution in [3.05, 3.63) is 35.4 Å². The maximum atomic E-state index is 13.0. The molecule has 0 fully saturated rings. The largest absolute Gasteiger partial charge is 0.350 e. The van der Waals surface area contributed by atoms with Gasteiger partial charge in [0, 0.05) is 11.6 Å². The van der Waals surface area contributed by atoms with Crippen LogP contribution in [0, 0.1) is 11.6 Å². The van der Waals surface area contributed by atoms with Crippen LogP contribution in [-0.4, -0.2) is 24.5 Å². The molecule has 0 saturated heterocycles. The van der Waals surface area contributed by atoms with Gasteiger partial charge in [0.2, 0.25) is 5.91 Å². The predicted molar refractivity (Wildman–Crippen MR) is 75.4 cm³/mol. The molecular formula is C15H22F2N2O. The van der Waals surface area contributed by atoms with E-state index in [1.807, 2.05) is 20.8 Å². The number of hydrogen-bond donors (Lipinski definition) is 2. The molecule has 0 aromatic heterocycles. The van der Waals surface area contributed by atoms with Gasteiger partial charge in [0.05, 0.1) is 6.54 Å². The first-order valence-corrected chi connectivity index (χ1v) is 6.79. The van der Waals surface area contributed by atoms with Crippen LogP contribution in [0.1, 0.15) is 32.8 Å². The summed E-state index contributed by atoms with van der Waals surface area (Å²) in [5.74, 6) is -1.24. The Morgan fingerprint density at radius 1 is 1.20 bits per heavy atom. The smallest absolute Gasteiger partial charge is 0.234 e. The van der Waals surface area contributed by atoms with Crippen LogP contribution in [0.15, 0.2) is 18.2 Å². The van der Waals surface area contributed by atoms with Crippen LogP contribution in [0.5, 0.6) is 0 Å². The molecule has 112 valence electrons. The number of halogens is 2. The van der Waals surface area contributed by atoms with Crippen LogP contribution in [0.4, 0.5) is 8.78 Å². The number of hydrogen-bond acceptors (Lipinski definition) is 2. The Morgan fingerprint density at radius 3 is 2.35 bits per heavy atom. The minimum absolute atomic E-state index is 0.0812. The van der Waals surface area contributed by atoms with E-state index in [4.69, 9.17) is 0 Å². The summed E-state index contributed by atoms with van der Waals surface area (Å²) in [6.45, 7) is 6.61. The van der Waals surface area contributed by atoms with Gasteiger partial charge in [-0.1, -0.05) is 6.92 Å². The van der Waals surface area contributed by atoms with E-state index in [1.165, 1.54) is 12.1 Å². The third-order valence-electron chi connectivity index (χ3n) is 3.16. The topological polar surface area (TPSA) is 41.1 Å². The minimum atomic E-state index is -0.581. The SMILES string of the molecule is CCC(C)(C)NC(=O)CNCCc1cc(F)cc(F)c1. The highest BCUT2D eigenvalue weighted by Gasteiger charge is 2.16. The lowest BCUT2D eigenvalue weighted by molar-refractivity contribution is -0.121. The lowest BCUT2D eigenvalue weighted by atomic mass is 10.0. The molecule has 0 saturated carbocycles. The van der Waals surface area contributed by atoms with E-state index in [-0.39, 0.29) is 18.0 Å². The van der Waals surface area contributed by atoms with Gasteiger partial charge in [0.25, 0.3) is 0 Å². The number of carbonyl (C=O) groups excluding carboxylic acids is 1. The Balaban J connectivity index is 2.30. The van der Waals surface area contributed by atoms with Crippen molar-refractivity contribution in [2.24, 2.45) is 0 Å². The second-order valence-corrected chi connectivity index (χ2v) is 5.49. The molecule has 1 aromatic rings. The van der Waals surface area contributed by atoms with Crippen LogP contribution in [-0.2, 0) is 11.2 Å². The van der Waals surface area contributed by atoms with E-state index < -0.39 is 11.6 Å². The molecule has 0 aliphatic heterocycles. The molecule has 1 amide bonds. The van der Waals surface area contributed by atoms with Crippen LogP contribution >= 0.6 is 0 Å². The Labute approximate surface area is 118 Å². The molecule has 5 heteroatoms. The summed E-state index contributed by atoms with van der Waals surface area (Å²) in [6.07, 6.45) is 1.32. The zero-order chi connectivity index (χ0) is 15.2. The fourth-order valence-corrected chi connectivity index (χ4v) is 1.70. The zero-order valence-electron chi connectivity index (χ0n) is 12.2. The van der Waals surface area contributed by atoms with Crippen molar-refractivity contribution in [3.63, 3.8) is 0 Å². The molecule has 20 heavy (non-hydrogen) atoms. The molecule has 3 nitrogen and oxygen atoms in total. The summed E-state index contributed by atoms with van der Waals surface area (Å²) in [6, 6.07) is 3.44. The molecule has 0 aliphatic rings. The van der Waals surface area contributed by atoms with Crippen LogP contribution in [0.25, 0.3) is 0 Å². The monoisotopic (exact) mass is 284 g/mol. The van der Waals surface area contributed by atoms with E-state index in [9.17, 15) is 13.6 Å². The lowest BCUT2D eigenvalue weighted by Gasteiger charge is -2.24. The highest BCUT2D eigenvalue weighted by atomic mass is 19.1. The number of nitrogens with one attached hydrogen (secondary N) is 2. The molecule has 1 rings (SSSR count). The molecule has 2 N–H and O–H groups in total. The predicted octanol–water partition coefficient (Wildman–Crippen LogP) is 2.40. The standard InChI is InChI=1S/C15H22F2N2O/c1-4-15(2,3)19-14(20)10-18-6-5-11-7-12(16)9-13(17)8-11/h7-9,18H,4-6,10H2,1-3H3,(H,19,20). The molecule has 0 heterocycles. The van der Waals surface area contributed by atoms with E-state index >= 15 is 0 Å². The Morgan fingerprint density at radius 2 is 1.80 bits per heavy atom. The van der Waals surface area contributed by atoms with Crippen LogP contribution in [0.3, 0.4) is 0 Å². The van der Waals surface area contributed by atoms with Gasteiger partial charge in [-0.2, -0.15) is 0 Å². The normalized spacial score (nSPS) is 11.4. The second kappa shape index (κ2) is 7.33. The fourth-order valence-electron chi connectivity index (χ4n) is 1.70. The van der Waals surface area contributed by atoms with Crippen molar-refractivity contribution in [3.8, 4) is 0 Å². The van der Waals surface area contributed by atoms with Gasteiger partial charge in [0.15, 0.2) is 0 Å². The van der Waals surface area contributed by atoms with Gasteiger partial charge >= 0.3 is 0 Å². The fraction of sp³-hybridized carbons (Fsp3) is 0.533. The molecule has 0 unspecified atom stereocenters. The van der Waals surface area contributed by atoms with Crippen molar-refractivity contribution in [1.29, 1.82) is 0 Å². The number of benzene rings is 1. The quantitative estimate of drug-likeness (QED) is 0.755. The lowest BCUT2D eigenvalue weighted by Crippen LogP contribution is -2.46. The molecule has 0 atom stereocenters. The minimum Gasteiger partial charge on any atom is -0.350 e. The number of carbonyl (C=O) groups is 1. The highest BCUT2D eigenvalue weighted by Crippen LogP contribution is 2.08. The van der Waals surface area contributed by atoms with E-state index in [2.05, 4.69) is 10.6 Å².